The molecule has 1 amide bonds. The summed E-state index contributed by atoms with van der Waals surface area (Å²) in [6.07, 6.45) is 3.85. The minimum atomic E-state index is -0.808. The molecule has 0 atom stereocenters. The van der Waals surface area contributed by atoms with Gasteiger partial charge in [0.1, 0.15) is 11.6 Å². The zero-order chi connectivity index (χ0) is 19.7. The van der Waals surface area contributed by atoms with Crippen molar-refractivity contribution in [2.45, 2.75) is 37.8 Å². The van der Waals surface area contributed by atoms with Crippen molar-refractivity contribution >= 4 is 11.9 Å². The van der Waals surface area contributed by atoms with Gasteiger partial charge in [-0.15, -0.1) is 0 Å². The van der Waals surface area contributed by atoms with Crippen molar-refractivity contribution in [3.05, 3.63) is 48.0 Å². The van der Waals surface area contributed by atoms with E-state index in [4.69, 9.17) is 9.52 Å². The molecule has 148 valence electrons. The molecule has 1 aromatic heterocycles. The summed E-state index contributed by atoms with van der Waals surface area (Å²) in [4.78, 5) is 25.5. The topological polar surface area (TPSA) is 82.8 Å². The lowest BCUT2D eigenvalue weighted by Crippen LogP contribution is -2.55. The van der Waals surface area contributed by atoms with Crippen LogP contribution in [0.4, 0.5) is 4.39 Å². The summed E-state index contributed by atoms with van der Waals surface area (Å²) in [5.41, 5.74) is 0.702. The summed E-state index contributed by atoms with van der Waals surface area (Å²) in [5.74, 6) is -0.0786. The van der Waals surface area contributed by atoms with Gasteiger partial charge in [0.05, 0.1) is 6.54 Å². The van der Waals surface area contributed by atoms with E-state index in [1.807, 2.05) is 4.90 Å². The van der Waals surface area contributed by atoms with Crippen molar-refractivity contribution in [2.75, 3.05) is 13.1 Å². The summed E-state index contributed by atoms with van der Waals surface area (Å²) < 4.78 is 18.6. The van der Waals surface area contributed by atoms with Crippen LogP contribution in [0.25, 0.3) is 11.3 Å². The third-order valence-corrected chi connectivity index (χ3v) is 5.45. The van der Waals surface area contributed by atoms with E-state index >= 15 is 0 Å². The molecular weight excluding hydrogens is 363 g/mol. The van der Waals surface area contributed by atoms with Crippen LogP contribution in [0.1, 0.15) is 36.2 Å². The standard InChI is InChI=1S/C21H23FN2O4/c22-15-5-3-14(4-6-15)18-7-8-19(28-18)21(27)23-16-9-17(10-16)24(12-20(25)26)11-13-1-2-13/h3-8,13,16-17H,1-2,9-12H2,(H,23,27)(H,25,26). The molecule has 28 heavy (non-hydrogen) atoms. The van der Waals surface area contributed by atoms with Crippen LogP contribution in [0.5, 0.6) is 0 Å². The van der Waals surface area contributed by atoms with Crippen LogP contribution in [-0.2, 0) is 4.79 Å². The number of nitrogens with zero attached hydrogens (tertiary/aromatic N) is 1. The number of hydrogen-bond acceptors (Lipinski definition) is 4. The number of carbonyl (C=O) groups excluding carboxylic acids is 1. The molecule has 0 bridgehead atoms. The Hall–Kier alpha value is -2.67. The zero-order valence-electron chi connectivity index (χ0n) is 15.4. The van der Waals surface area contributed by atoms with E-state index < -0.39 is 5.97 Å². The Morgan fingerprint density at radius 2 is 1.86 bits per heavy atom. The van der Waals surface area contributed by atoms with Gasteiger partial charge in [0.25, 0.3) is 5.91 Å². The average Bonchev–Trinajstić information content (AvgIpc) is 3.29. The van der Waals surface area contributed by atoms with Gasteiger partial charge < -0.3 is 14.8 Å². The van der Waals surface area contributed by atoms with E-state index in [0.717, 1.165) is 19.4 Å². The van der Waals surface area contributed by atoms with Crippen LogP contribution in [0.15, 0.2) is 40.8 Å². The second-order valence-electron chi connectivity index (χ2n) is 7.73. The van der Waals surface area contributed by atoms with Crippen molar-refractivity contribution in [1.82, 2.24) is 10.2 Å². The second kappa shape index (κ2) is 7.75. The Morgan fingerprint density at radius 3 is 2.50 bits per heavy atom. The highest BCUT2D eigenvalue weighted by atomic mass is 19.1. The van der Waals surface area contributed by atoms with Crippen molar-refractivity contribution in [3.8, 4) is 11.3 Å². The van der Waals surface area contributed by atoms with Gasteiger partial charge in [0.15, 0.2) is 5.76 Å². The van der Waals surface area contributed by atoms with Crippen LogP contribution in [0.2, 0.25) is 0 Å². The third kappa shape index (κ3) is 4.42. The Bertz CT molecular complexity index is 854. The molecule has 0 unspecified atom stereocenters. The van der Waals surface area contributed by atoms with Crippen molar-refractivity contribution < 1.29 is 23.5 Å². The predicted molar refractivity (Wildman–Crippen MR) is 100 cm³/mol. The molecule has 1 aromatic carbocycles. The van der Waals surface area contributed by atoms with E-state index in [1.54, 1.807) is 24.3 Å². The van der Waals surface area contributed by atoms with Crippen LogP contribution in [0.3, 0.4) is 0 Å². The molecule has 0 saturated heterocycles. The first-order valence-corrected chi connectivity index (χ1v) is 9.60. The lowest BCUT2D eigenvalue weighted by Gasteiger charge is -2.42. The predicted octanol–water partition coefficient (Wildman–Crippen LogP) is 3.14. The molecule has 2 N–H and O–H groups in total. The lowest BCUT2D eigenvalue weighted by atomic mass is 9.85. The summed E-state index contributed by atoms with van der Waals surface area (Å²) in [6.45, 7) is 0.887. The summed E-state index contributed by atoms with van der Waals surface area (Å²) >= 11 is 0. The first kappa shape index (κ1) is 18.7. The van der Waals surface area contributed by atoms with Gasteiger partial charge in [-0.05, 0) is 68.0 Å². The second-order valence-corrected chi connectivity index (χ2v) is 7.73. The molecule has 2 fully saturated rings. The molecule has 7 heteroatoms. The number of amides is 1. The van der Waals surface area contributed by atoms with Gasteiger partial charge in [0, 0.05) is 24.2 Å². The quantitative estimate of drug-likeness (QED) is 0.728. The normalized spacial score (nSPS) is 21.4. The number of rotatable bonds is 8. The molecule has 0 radical (unpaired) electrons. The average molecular weight is 386 g/mol. The molecule has 6 nitrogen and oxygen atoms in total. The molecule has 2 aliphatic carbocycles. The van der Waals surface area contributed by atoms with Gasteiger partial charge in [-0.25, -0.2) is 4.39 Å². The molecule has 4 rings (SSSR count). The number of furan rings is 1. The first-order chi connectivity index (χ1) is 13.5. The first-order valence-electron chi connectivity index (χ1n) is 9.60. The highest BCUT2D eigenvalue weighted by Gasteiger charge is 2.38. The zero-order valence-corrected chi connectivity index (χ0v) is 15.4. The van der Waals surface area contributed by atoms with Crippen molar-refractivity contribution in [2.24, 2.45) is 5.92 Å². The van der Waals surface area contributed by atoms with E-state index in [2.05, 4.69) is 5.32 Å². The van der Waals surface area contributed by atoms with Gasteiger partial charge in [0.2, 0.25) is 0 Å². The number of aliphatic carboxylic acids is 1. The van der Waals surface area contributed by atoms with Gasteiger partial charge in [-0.2, -0.15) is 0 Å². The fourth-order valence-corrected chi connectivity index (χ4v) is 3.64. The number of hydrogen-bond donors (Lipinski definition) is 2. The molecule has 0 aliphatic heterocycles. The highest BCUT2D eigenvalue weighted by molar-refractivity contribution is 5.92. The van der Waals surface area contributed by atoms with E-state index in [9.17, 15) is 14.0 Å². The van der Waals surface area contributed by atoms with Crippen LogP contribution in [0, 0.1) is 11.7 Å². The monoisotopic (exact) mass is 386 g/mol. The smallest absolute Gasteiger partial charge is 0.317 e. The van der Waals surface area contributed by atoms with Crippen LogP contribution >= 0.6 is 0 Å². The largest absolute Gasteiger partial charge is 0.480 e. The Kier molecular flexibility index (Phi) is 5.17. The fraction of sp³-hybridized carbons (Fsp3) is 0.429. The molecule has 0 spiro atoms. The van der Waals surface area contributed by atoms with E-state index in [0.29, 0.717) is 17.2 Å². The maximum Gasteiger partial charge on any atom is 0.317 e. The number of carbonyl (C=O) groups is 2. The number of benzene rings is 1. The minimum Gasteiger partial charge on any atom is -0.480 e. The molecule has 2 saturated carbocycles. The van der Waals surface area contributed by atoms with Crippen LogP contribution < -0.4 is 5.32 Å². The van der Waals surface area contributed by atoms with Crippen molar-refractivity contribution in [1.29, 1.82) is 0 Å². The Labute approximate surface area is 162 Å². The molecule has 1 heterocycles. The molecule has 2 aliphatic rings. The lowest BCUT2D eigenvalue weighted by molar-refractivity contribution is -0.139. The number of nitrogens with one attached hydrogen (secondary N) is 1. The number of carboxylic acids is 1. The van der Waals surface area contributed by atoms with Gasteiger partial charge >= 0.3 is 5.97 Å². The van der Waals surface area contributed by atoms with Gasteiger partial charge in [-0.3, -0.25) is 14.5 Å². The number of halogens is 1. The van der Waals surface area contributed by atoms with E-state index in [-0.39, 0.29) is 36.1 Å². The Morgan fingerprint density at radius 1 is 1.14 bits per heavy atom. The summed E-state index contributed by atoms with van der Waals surface area (Å²) in [6, 6.07) is 9.41. The Balaban J connectivity index is 1.30. The van der Waals surface area contributed by atoms with Gasteiger partial charge in [-0.1, -0.05) is 0 Å². The maximum atomic E-state index is 13.0. The van der Waals surface area contributed by atoms with Crippen molar-refractivity contribution in [3.63, 3.8) is 0 Å². The minimum absolute atomic E-state index is 0.0207. The SMILES string of the molecule is O=C(O)CN(CC1CC1)C1CC(NC(=O)c2ccc(-c3ccc(F)cc3)o2)C1. The van der Waals surface area contributed by atoms with E-state index in [1.165, 1.54) is 25.0 Å². The fourth-order valence-electron chi connectivity index (χ4n) is 3.64. The third-order valence-electron chi connectivity index (χ3n) is 5.45. The number of carboxylic acid groups (broad SMARTS) is 1. The molecular formula is C21H23FN2O4. The highest BCUT2D eigenvalue weighted by Crippen LogP contribution is 2.34. The maximum absolute atomic E-state index is 13.0. The summed E-state index contributed by atoms with van der Waals surface area (Å²) in [7, 11) is 0. The van der Waals surface area contributed by atoms with Crippen LogP contribution in [-0.4, -0.2) is 47.1 Å². The summed E-state index contributed by atoms with van der Waals surface area (Å²) in [5, 5.41) is 12.1. The molecule has 2 aromatic rings.